The Kier molecular flexibility index (Phi) is 3.96. The third kappa shape index (κ3) is 2.35. The smallest absolute Gasteiger partial charge is 0.330 e. The highest BCUT2D eigenvalue weighted by Crippen LogP contribution is 2.23. The number of hydrogen-bond acceptors (Lipinski definition) is 5. The van der Waals surface area contributed by atoms with Crippen LogP contribution in [-0.2, 0) is 4.79 Å². The van der Waals surface area contributed by atoms with Crippen molar-refractivity contribution in [2.24, 2.45) is 4.99 Å². The number of Topliss-reactive ketones (excluding diaryl/α,β-unsaturated/α-hetero) is 2. The molecule has 1 unspecified atom stereocenters. The van der Waals surface area contributed by atoms with E-state index in [4.69, 9.17) is 21.8 Å². The lowest BCUT2D eigenvalue weighted by atomic mass is 9.87. The van der Waals surface area contributed by atoms with Crippen LogP contribution in [0.3, 0.4) is 0 Å². The summed E-state index contributed by atoms with van der Waals surface area (Å²) in [6, 6.07) is 4.58. The molecule has 1 aliphatic carbocycles. The van der Waals surface area contributed by atoms with E-state index in [0.29, 0.717) is 0 Å². The maximum absolute atomic E-state index is 12.2. The molecule has 104 valence electrons. The minimum atomic E-state index is -1.52. The second kappa shape index (κ2) is 5.52. The lowest BCUT2D eigenvalue weighted by molar-refractivity contribution is -0.139. The SMILES string of the molecule is O=C1C(=N[C@H](CO)C(=O)O)C(Cl)C(=O)c2ccccc21. The maximum atomic E-state index is 12.2. The molecule has 0 spiro atoms. The number of carboxylic acid groups (broad SMARTS) is 1. The van der Waals surface area contributed by atoms with E-state index in [-0.39, 0.29) is 16.8 Å². The van der Waals surface area contributed by atoms with Crippen molar-refractivity contribution >= 4 is 34.8 Å². The number of hydrogen-bond donors (Lipinski definition) is 2. The summed E-state index contributed by atoms with van der Waals surface area (Å²) in [5.74, 6) is -2.51. The van der Waals surface area contributed by atoms with E-state index < -0.39 is 35.6 Å². The van der Waals surface area contributed by atoms with Crippen molar-refractivity contribution in [3.8, 4) is 0 Å². The molecular weight excluding hydrogens is 286 g/mol. The Labute approximate surface area is 118 Å². The van der Waals surface area contributed by atoms with Crippen LogP contribution in [0.15, 0.2) is 29.3 Å². The number of fused-ring (bicyclic) bond motifs is 1. The summed E-state index contributed by atoms with van der Waals surface area (Å²) in [4.78, 5) is 38.7. The second-order valence-corrected chi connectivity index (χ2v) is 4.59. The number of carbonyl (C=O) groups is 3. The van der Waals surface area contributed by atoms with Crippen molar-refractivity contribution in [3.63, 3.8) is 0 Å². The largest absolute Gasteiger partial charge is 0.480 e. The van der Waals surface area contributed by atoms with Crippen LogP contribution in [0.4, 0.5) is 0 Å². The molecule has 6 nitrogen and oxygen atoms in total. The summed E-state index contributed by atoms with van der Waals surface area (Å²) in [5.41, 5.74) is -0.0284. The molecule has 0 aliphatic heterocycles. The molecule has 0 fully saturated rings. The van der Waals surface area contributed by atoms with Crippen molar-refractivity contribution in [2.75, 3.05) is 6.61 Å². The summed E-state index contributed by atoms with van der Waals surface area (Å²) >= 11 is 5.89. The summed E-state index contributed by atoms with van der Waals surface area (Å²) in [5, 5.41) is 16.4. The Morgan fingerprint density at radius 3 is 2.45 bits per heavy atom. The number of aliphatic carboxylic acids is 1. The monoisotopic (exact) mass is 295 g/mol. The Morgan fingerprint density at radius 1 is 1.30 bits per heavy atom. The van der Waals surface area contributed by atoms with E-state index in [9.17, 15) is 14.4 Å². The first-order valence-electron chi connectivity index (χ1n) is 5.70. The van der Waals surface area contributed by atoms with Gasteiger partial charge in [0.2, 0.25) is 5.78 Å². The molecule has 1 aromatic carbocycles. The Balaban J connectivity index is 2.52. The van der Waals surface area contributed by atoms with E-state index in [2.05, 4.69) is 4.99 Å². The maximum Gasteiger partial charge on any atom is 0.330 e. The van der Waals surface area contributed by atoms with Gasteiger partial charge in [-0.2, -0.15) is 0 Å². The lowest BCUT2D eigenvalue weighted by Gasteiger charge is -2.20. The number of ketones is 2. The quantitative estimate of drug-likeness (QED) is 0.793. The fraction of sp³-hybridized carbons (Fsp3) is 0.231. The molecule has 2 N–H and O–H groups in total. The van der Waals surface area contributed by atoms with Crippen LogP contribution < -0.4 is 0 Å². The molecule has 0 aromatic heterocycles. The van der Waals surface area contributed by atoms with E-state index in [0.717, 1.165) is 0 Å². The van der Waals surface area contributed by atoms with Gasteiger partial charge in [-0.05, 0) is 0 Å². The highest BCUT2D eigenvalue weighted by molar-refractivity contribution is 6.64. The molecule has 2 rings (SSSR count). The van der Waals surface area contributed by atoms with E-state index in [1.54, 1.807) is 12.1 Å². The van der Waals surface area contributed by atoms with Gasteiger partial charge in [0, 0.05) is 11.1 Å². The molecule has 20 heavy (non-hydrogen) atoms. The predicted molar refractivity (Wildman–Crippen MR) is 70.7 cm³/mol. The van der Waals surface area contributed by atoms with Crippen LogP contribution in [0, 0.1) is 0 Å². The zero-order valence-electron chi connectivity index (χ0n) is 10.1. The van der Waals surface area contributed by atoms with Gasteiger partial charge in [-0.15, -0.1) is 11.6 Å². The number of aliphatic hydroxyl groups is 1. The van der Waals surface area contributed by atoms with Gasteiger partial charge >= 0.3 is 5.97 Å². The molecule has 0 radical (unpaired) electrons. The van der Waals surface area contributed by atoms with Crippen molar-refractivity contribution in [2.45, 2.75) is 11.4 Å². The molecule has 0 bridgehead atoms. The first kappa shape index (κ1) is 14.4. The number of alkyl halides is 1. The number of nitrogens with zero attached hydrogens (tertiary/aromatic N) is 1. The normalized spacial score (nSPS) is 21.7. The van der Waals surface area contributed by atoms with Gasteiger partial charge in [-0.3, -0.25) is 14.6 Å². The van der Waals surface area contributed by atoms with Crippen molar-refractivity contribution in [3.05, 3.63) is 35.4 Å². The van der Waals surface area contributed by atoms with Crippen molar-refractivity contribution in [1.29, 1.82) is 0 Å². The first-order valence-corrected chi connectivity index (χ1v) is 6.14. The van der Waals surface area contributed by atoms with Gasteiger partial charge in [-0.1, -0.05) is 24.3 Å². The van der Waals surface area contributed by atoms with Crippen molar-refractivity contribution in [1.82, 2.24) is 0 Å². The van der Waals surface area contributed by atoms with Crippen LogP contribution in [0.25, 0.3) is 0 Å². The number of halogens is 1. The average Bonchev–Trinajstić information content (AvgIpc) is 2.45. The highest BCUT2D eigenvalue weighted by Gasteiger charge is 2.37. The molecular formula is C13H10ClNO5. The van der Waals surface area contributed by atoms with Crippen molar-refractivity contribution < 1.29 is 24.6 Å². The number of aliphatic imine (C=N–C) groups is 1. The van der Waals surface area contributed by atoms with E-state index in [1.807, 2.05) is 0 Å². The third-order valence-corrected chi connectivity index (χ3v) is 3.30. The number of benzene rings is 1. The fourth-order valence-corrected chi connectivity index (χ4v) is 2.15. The number of carboxylic acids is 1. The second-order valence-electron chi connectivity index (χ2n) is 4.15. The number of rotatable bonds is 3. The fourth-order valence-electron chi connectivity index (χ4n) is 1.88. The highest BCUT2D eigenvalue weighted by atomic mass is 35.5. The van der Waals surface area contributed by atoms with E-state index in [1.165, 1.54) is 12.1 Å². The van der Waals surface area contributed by atoms with Gasteiger partial charge in [0.05, 0.1) is 6.61 Å². The summed E-state index contributed by atoms with van der Waals surface area (Å²) < 4.78 is 0. The van der Waals surface area contributed by atoms with Gasteiger partial charge in [-0.25, -0.2) is 4.79 Å². The van der Waals surface area contributed by atoms with Crippen LogP contribution in [0.1, 0.15) is 20.7 Å². The van der Waals surface area contributed by atoms with Gasteiger partial charge in [0.25, 0.3) is 0 Å². The van der Waals surface area contributed by atoms with Crippen LogP contribution in [-0.4, -0.2) is 51.5 Å². The molecule has 1 aromatic rings. The number of carbonyl (C=O) groups excluding carboxylic acids is 2. The standard InChI is InChI=1S/C13H10ClNO5/c14-9-10(15-8(5-16)13(19)20)12(18)7-4-2-1-3-6(7)11(9)17/h1-4,8-9,16H,5H2,(H,19,20)/t8-,9?/m1/s1. The van der Waals surface area contributed by atoms with Crippen LogP contribution >= 0.6 is 11.6 Å². The summed E-state index contributed by atoms with van der Waals surface area (Å²) in [6.07, 6.45) is 0. The lowest BCUT2D eigenvalue weighted by Crippen LogP contribution is -2.40. The predicted octanol–water partition coefficient (Wildman–Crippen LogP) is 0.560. The third-order valence-electron chi connectivity index (χ3n) is 2.89. The molecule has 1 aliphatic rings. The topological polar surface area (TPSA) is 104 Å². The summed E-state index contributed by atoms with van der Waals surface area (Å²) in [6.45, 7) is -0.786. The summed E-state index contributed by atoms with van der Waals surface area (Å²) in [7, 11) is 0. The zero-order valence-corrected chi connectivity index (χ0v) is 10.9. The molecule has 0 saturated heterocycles. The molecule has 0 amide bonds. The zero-order chi connectivity index (χ0) is 14.9. The van der Waals surface area contributed by atoms with Gasteiger partial charge in [0.15, 0.2) is 11.8 Å². The van der Waals surface area contributed by atoms with Crippen LogP contribution in [0.2, 0.25) is 0 Å². The minimum Gasteiger partial charge on any atom is -0.480 e. The minimum absolute atomic E-state index is 0.134. The molecule has 0 saturated carbocycles. The van der Waals surface area contributed by atoms with Crippen LogP contribution in [0.5, 0.6) is 0 Å². The Bertz CT molecular complexity index is 625. The van der Waals surface area contributed by atoms with Gasteiger partial charge < -0.3 is 10.2 Å². The molecule has 0 heterocycles. The average molecular weight is 296 g/mol. The Morgan fingerprint density at radius 2 is 1.90 bits per heavy atom. The van der Waals surface area contributed by atoms with E-state index >= 15 is 0 Å². The molecule has 2 atom stereocenters. The Hall–Kier alpha value is -2.05. The number of aliphatic hydroxyl groups excluding tert-OH is 1. The molecule has 7 heteroatoms. The van der Waals surface area contributed by atoms with Gasteiger partial charge in [0.1, 0.15) is 11.1 Å². The first-order chi connectivity index (χ1) is 9.47.